The molecule has 0 saturated carbocycles. The lowest BCUT2D eigenvalue weighted by atomic mass is 10.2. The second-order valence-corrected chi connectivity index (χ2v) is 3.57. The van der Waals surface area contributed by atoms with Gasteiger partial charge < -0.3 is 16.8 Å². The molecule has 2 aromatic rings. The molecule has 5 heteroatoms. The summed E-state index contributed by atoms with van der Waals surface area (Å²) in [5.74, 6) is -0.424. The second kappa shape index (κ2) is 4.80. The Hall–Kier alpha value is -2.14. The zero-order valence-corrected chi connectivity index (χ0v) is 9.15. The number of nitrogens with zero attached hydrogens (tertiary/aromatic N) is 1. The number of nitrogen functional groups attached to an aromatic ring is 1. The highest BCUT2D eigenvalue weighted by Crippen LogP contribution is 2.22. The van der Waals surface area contributed by atoms with Crippen LogP contribution in [0.1, 0.15) is 5.69 Å². The first-order valence-corrected chi connectivity index (χ1v) is 5.16. The molecule has 1 aromatic carbocycles. The predicted octanol–water partition coefficient (Wildman–Crippen LogP) is 2.01. The molecule has 0 saturated heterocycles. The standard InChI is InChI=1S/C12H13FN4/c13-9-5-8(7-16-12(9)6-14)17-11-4-2-1-3-10(11)15/h1-5,7,17H,6,14-15H2. The van der Waals surface area contributed by atoms with E-state index in [9.17, 15) is 4.39 Å². The molecule has 1 aromatic heterocycles. The SMILES string of the molecule is NCc1ncc(Nc2ccccc2N)cc1F. The number of hydrogen-bond donors (Lipinski definition) is 3. The van der Waals surface area contributed by atoms with Crippen molar-refractivity contribution < 1.29 is 4.39 Å². The van der Waals surface area contributed by atoms with E-state index in [1.165, 1.54) is 12.3 Å². The lowest BCUT2D eigenvalue weighted by molar-refractivity contribution is 0.600. The minimum Gasteiger partial charge on any atom is -0.397 e. The molecule has 88 valence electrons. The van der Waals surface area contributed by atoms with Gasteiger partial charge in [-0.2, -0.15) is 0 Å². The van der Waals surface area contributed by atoms with Crippen LogP contribution in [0.4, 0.5) is 21.5 Å². The molecular formula is C12H13FN4. The summed E-state index contributed by atoms with van der Waals surface area (Å²) >= 11 is 0. The van der Waals surface area contributed by atoms with Gasteiger partial charge >= 0.3 is 0 Å². The molecule has 0 bridgehead atoms. The largest absolute Gasteiger partial charge is 0.397 e. The Kier molecular flexibility index (Phi) is 3.20. The van der Waals surface area contributed by atoms with Crippen molar-refractivity contribution in [3.63, 3.8) is 0 Å². The van der Waals surface area contributed by atoms with Crippen LogP contribution in [0.25, 0.3) is 0 Å². The van der Waals surface area contributed by atoms with Crippen molar-refractivity contribution in [2.75, 3.05) is 11.1 Å². The van der Waals surface area contributed by atoms with Gasteiger partial charge in [0.05, 0.1) is 29.0 Å². The van der Waals surface area contributed by atoms with Crippen LogP contribution in [0.5, 0.6) is 0 Å². The summed E-state index contributed by atoms with van der Waals surface area (Å²) in [6.07, 6.45) is 1.53. The highest BCUT2D eigenvalue weighted by molar-refractivity contribution is 5.71. The van der Waals surface area contributed by atoms with E-state index >= 15 is 0 Å². The normalized spacial score (nSPS) is 10.2. The third kappa shape index (κ3) is 2.51. The van der Waals surface area contributed by atoms with Crippen molar-refractivity contribution in [1.82, 2.24) is 4.98 Å². The molecule has 0 atom stereocenters. The van der Waals surface area contributed by atoms with E-state index in [4.69, 9.17) is 11.5 Å². The van der Waals surface area contributed by atoms with E-state index in [-0.39, 0.29) is 12.2 Å². The summed E-state index contributed by atoms with van der Waals surface area (Å²) in [6, 6.07) is 8.60. The quantitative estimate of drug-likeness (QED) is 0.707. The van der Waals surface area contributed by atoms with Gasteiger partial charge in [0.2, 0.25) is 0 Å². The van der Waals surface area contributed by atoms with Gasteiger partial charge in [-0.1, -0.05) is 12.1 Å². The molecule has 0 spiro atoms. The molecule has 17 heavy (non-hydrogen) atoms. The number of pyridine rings is 1. The molecular weight excluding hydrogens is 219 g/mol. The van der Waals surface area contributed by atoms with Gasteiger partial charge in [-0.15, -0.1) is 0 Å². The lowest BCUT2D eigenvalue weighted by Gasteiger charge is -2.09. The highest BCUT2D eigenvalue weighted by Gasteiger charge is 2.04. The van der Waals surface area contributed by atoms with Gasteiger partial charge in [0.15, 0.2) is 0 Å². The van der Waals surface area contributed by atoms with Gasteiger partial charge in [0.1, 0.15) is 5.82 Å². The van der Waals surface area contributed by atoms with Crippen LogP contribution in [-0.4, -0.2) is 4.98 Å². The first-order chi connectivity index (χ1) is 8.20. The van der Waals surface area contributed by atoms with Crippen molar-refractivity contribution in [3.8, 4) is 0 Å². The summed E-state index contributed by atoms with van der Waals surface area (Å²) in [5, 5.41) is 3.00. The van der Waals surface area contributed by atoms with Gasteiger partial charge in [-0.05, 0) is 12.1 Å². The lowest BCUT2D eigenvalue weighted by Crippen LogP contribution is -2.04. The summed E-state index contributed by atoms with van der Waals surface area (Å²) in [5.41, 5.74) is 13.2. The van der Waals surface area contributed by atoms with Crippen LogP contribution >= 0.6 is 0 Å². The zero-order valence-electron chi connectivity index (χ0n) is 9.15. The Bertz CT molecular complexity index is 528. The van der Waals surface area contributed by atoms with Crippen molar-refractivity contribution in [3.05, 3.63) is 48.0 Å². The number of anilines is 3. The monoisotopic (exact) mass is 232 g/mol. The number of aromatic nitrogens is 1. The van der Waals surface area contributed by atoms with Gasteiger partial charge in [0, 0.05) is 12.6 Å². The Balaban J connectivity index is 2.25. The molecule has 0 unspecified atom stereocenters. The smallest absolute Gasteiger partial charge is 0.148 e. The van der Waals surface area contributed by atoms with Crippen LogP contribution < -0.4 is 16.8 Å². The molecule has 4 nitrogen and oxygen atoms in total. The maximum absolute atomic E-state index is 13.4. The third-order valence-electron chi connectivity index (χ3n) is 2.35. The molecule has 1 heterocycles. The van der Waals surface area contributed by atoms with Crippen LogP contribution in [0.15, 0.2) is 36.5 Å². The first kappa shape index (κ1) is 11.3. The Morgan fingerprint density at radius 2 is 2.06 bits per heavy atom. The fraction of sp³-hybridized carbons (Fsp3) is 0.0833. The molecule has 0 fully saturated rings. The first-order valence-electron chi connectivity index (χ1n) is 5.16. The molecule has 5 N–H and O–H groups in total. The molecule has 0 aliphatic heterocycles. The number of hydrogen-bond acceptors (Lipinski definition) is 4. The molecule has 0 radical (unpaired) electrons. The topological polar surface area (TPSA) is 77.0 Å². The molecule has 2 rings (SSSR count). The van der Waals surface area contributed by atoms with Gasteiger partial charge in [-0.3, -0.25) is 4.98 Å². The number of benzene rings is 1. The van der Waals surface area contributed by atoms with Crippen LogP contribution in [-0.2, 0) is 6.54 Å². The van der Waals surface area contributed by atoms with Gasteiger partial charge in [-0.25, -0.2) is 4.39 Å². The summed E-state index contributed by atoms with van der Waals surface area (Å²) < 4.78 is 13.4. The average molecular weight is 232 g/mol. The highest BCUT2D eigenvalue weighted by atomic mass is 19.1. The summed E-state index contributed by atoms with van der Waals surface area (Å²) in [4.78, 5) is 3.92. The minimum atomic E-state index is -0.424. The molecule has 0 aliphatic carbocycles. The van der Waals surface area contributed by atoms with Crippen molar-refractivity contribution in [2.24, 2.45) is 5.73 Å². The maximum Gasteiger partial charge on any atom is 0.148 e. The van der Waals surface area contributed by atoms with Crippen LogP contribution in [0.3, 0.4) is 0 Å². The maximum atomic E-state index is 13.4. The number of nitrogens with one attached hydrogen (secondary N) is 1. The van der Waals surface area contributed by atoms with Crippen molar-refractivity contribution in [2.45, 2.75) is 6.54 Å². The van der Waals surface area contributed by atoms with E-state index in [1.54, 1.807) is 6.07 Å². The molecule has 0 amide bonds. The number of rotatable bonds is 3. The zero-order chi connectivity index (χ0) is 12.3. The van der Waals surface area contributed by atoms with E-state index in [2.05, 4.69) is 10.3 Å². The second-order valence-electron chi connectivity index (χ2n) is 3.57. The van der Waals surface area contributed by atoms with E-state index in [1.807, 2.05) is 18.2 Å². The average Bonchev–Trinajstić information content (AvgIpc) is 2.32. The molecule has 0 aliphatic rings. The number of para-hydroxylation sites is 2. The Morgan fingerprint density at radius 1 is 1.29 bits per heavy atom. The van der Waals surface area contributed by atoms with Crippen LogP contribution in [0.2, 0.25) is 0 Å². The third-order valence-corrected chi connectivity index (χ3v) is 2.35. The van der Waals surface area contributed by atoms with Crippen LogP contribution in [0, 0.1) is 5.82 Å². The summed E-state index contributed by atoms with van der Waals surface area (Å²) in [7, 11) is 0. The minimum absolute atomic E-state index is 0.0829. The fourth-order valence-electron chi connectivity index (χ4n) is 1.45. The van der Waals surface area contributed by atoms with E-state index in [0.717, 1.165) is 0 Å². The Morgan fingerprint density at radius 3 is 2.71 bits per heavy atom. The summed E-state index contributed by atoms with van der Waals surface area (Å²) in [6.45, 7) is 0.0829. The van der Waals surface area contributed by atoms with Crippen molar-refractivity contribution in [1.29, 1.82) is 0 Å². The number of nitrogens with two attached hydrogens (primary N) is 2. The predicted molar refractivity (Wildman–Crippen MR) is 66.2 cm³/mol. The fourth-order valence-corrected chi connectivity index (χ4v) is 1.45. The van der Waals surface area contributed by atoms with Gasteiger partial charge in [0.25, 0.3) is 0 Å². The van der Waals surface area contributed by atoms with Crippen molar-refractivity contribution >= 4 is 17.1 Å². The van der Waals surface area contributed by atoms with E-state index in [0.29, 0.717) is 17.1 Å². The Labute approximate surface area is 98.5 Å². The number of halogens is 1. The van der Waals surface area contributed by atoms with E-state index < -0.39 is 5.82 Å².